The third-order valence-corrected chi connectivity index (χ3v) is 8.30. The van der Waals surface area contributed by atoms with Crippen molar-refractivity contribution in [2.75, 3.05) is 13.1 Å². The fourth-order valence-electron chi connectivity index (χ4n) is 5.97. The number of amides is 6. The van der Waals surface area contributed by atoms with E-state index >= 15 is 0 Å². The highest BCUT2D eigenvalue weighted by Crippen LogP contribution is 2.65. The standard InChI is InChI=1S/C27H44N6O7/c1-24(2,3)18(31-23(39)32-25(4,5)6)21(37)33-12-13-15(26(13,7)8)16(33)20(36)30-14(17(34)19(28)35)11-27(40)9-10-29-22(27)38/h13-16,18,40H,9-12H2,1-8H3,(H2,28,35)(H,29,38)(H,30,36)(H2,31,32,39)/t13-,14-,15?,16-,18+,27?/m0/s1. The Kier molecular flexibility index (Phi) is 8.07. The Morgan fingerprint density at radius 1 is 1.10 bits per heavy atom. The van der Waals surface area contributed by atoms with E-state index in [1.165, 1.54) is 4.90 Å². The lowest BCUT2D eigenvalue weighted by molar-refractivity contribution is -0.146. The molecule has 1 aliphatic carbocycles. The van der Waals surface area contributed by atoms with Crippen molar-refractivity contribution in [1.29, 1.82) is 0 Å². The van der Waals surface area contributed by atoms with Crippen LogP contribution in [-0.4, -0.2) is 87.8 Å². The van der Waals surface area contributed by atoms with Gasteiger partial charge in [-0.05, 0) is 43.4 Å². The van der Waals surface area contributed by atoms with Gasteiger partial charge in [-0.3, -0.25) is 24.0 Å². The Labute approximate surface area is 234 Å². The molecule has 2 aliphatic heterocycles. The van der Waals surface area contributed by atoms with Crippen LogP contribution < -0.4 is 27.0 Å². The third-order valence-electron chi connectivity index (χ3n) is 8.30. The number of hydrogen-bond acceptors (Lipinski definition) is 7. The van der Waals surface area contributed by atoms with Crippen LogP contribution in [0.5, 0.6) is 0 Å². The van der Waals surface area contributed by atoms with Crippen LogP contribution >= 0.6 is 0 Å². The summed E-state index contributed by atoms with van der Waals surface area (Å²) in [6.07, 6.45) is -0.546. The Bertz CT molecular complexity index is 1110. The summed E-state index contributed by atoms with van der Waals surface area (Å²) in [6, 6.07) is -4.07. The van der Waals surface area contributed by atoms with E-state index < -0.39 is 76.5 Å². The quantitative estimate of drug-likeness (QED) is 0.206. The summed E-state index contributed by atoms with van der Waals surface area (Å²) in [4.78, 5) is 78.5. The number of Topliss-reactive ketones (excluding diaryl/α,β-unsaturated/α-hetero) is 1. The summed E-state index contributed by atoms with van der Waals surface area (Å²) in [5.74, 6) is -4.56. The van der Waals surface area contributed by atoms with Gasteiger partial charge >= 0.3 is 6.03 Å². The second-order valence-electron chi connectivity index (χ2n) is 14.1. The predicted octanol–water partition coefficient (Wildman–Crippen LogP) is -0.838. The molecule has 6 amide bonds. The molecule has 40 heavy (non-hydrogen) atoms. The molecule has 6 atom stereocenters. The highest BCUT2D eigenvalue weighted by Gasteiger charge is 2.70. The zero-order valence-electron chi connectivity index (χ0n) is 24.6. The maximum absolute atomic E-state index is 14.0. The number of nitrogens with one attached hydrogen (secondary N) is 4. The highest BCUT2D eigenvalue weighted by molar-refractivity contribution is 6.38. The largest absolute Gasteiger partial charge is 0.380 e. The minimum Gasteiger partial charge on any atom is -0.380 e. The van der Waals surface area contributed by atoms with Crippen LogP contribution in [0.15, 0.2) is 0 Å². The smallest absolute Gasteiger partial charge is 0.315 e. The number of hydrogen-bond donors (Lipinski definition) is 6. The number of nitrogens with two attached hydrogens (primary N) is 1. The topological polar surface area (TPSA) is 200 Å². The SMILES string of the molecule is CC(C)(C)NC(=O)N[C@H](C(=O)N1C[C@H]2C([C@H]1C(=O)N[C@@H](CC1(O)CCNC1=O)C(=O)C(N)=O)C2(C)C)C(C)(C)C. The van der Waals surface area contributed by atoms with Gasteiger partial charge in [0, 0.05) is 31.5 Å². The average molecular weight is 565 g/mol. The molecule has 3 fully saturated rings. The first-order chi connectivity index (χ1) is 18.1. The molecule has 0 bridgehead atoms. The first kappa shape index (κ1) is 31.3. The molecule has 13 heteroatoms. The summed E-state index contributed by atoms with van der Waals surface area (Å²) in [7, 11) is 0. The fraction of sp³-hybridized carbons (Fsp3) is 0.778. The van der Waals surface area contributed by atoms with Gasteiger partial charge in [0.25, 0.3) is 11.8 Å². The van der Waals surface area contributed by atoms with Gasteiger partial charge in [-0.2, -0.15) is 0 Å². The molecule has 2 saturated heterocycles. The zero-order chi connectivity index (χ0) is 30.6. The molecule has 7 N–H and O–H groups in total. The molecule has 13 nitrogen and oxygen atoms in total. The molecule has 0 spiro atoms. The molecule has 0 aromatic heterocycles. The molecule has 224 valence electrons. The highest BCUT2D eigenvalue weighted by atomic mass is 16.3. The number of nitrogens with zero attached hydrogens (tertiary/aromatic N) is 1. The molecule has 3 rings (SSSR count). The van der Waals surface area contributed by atoms with Gasteiger partial charge in [0.05, 0.1) is 0 Å². The van der Waals surface area contributed by atoms with Crippen LogP contribution in [0.2, 0.25) is 0 Å². The Morgan fingerprint density at radius 2 is 1.70 bits per heavy atom. The number of carbonyl (C=O) groups is 6. The second-order valence-corrected chi connectivity index (χ2v) is 14.1. The molecule has 3 aliphatic rings. The monoisotopic (exact) mass is 564 g/mol. The first-order valence-corrected chi connectivity index (χ1v) is 13.6. The summed E-state index contributed by atoms with van der Waals surface area (Å²) in [5.41, 5.74) is 1.74. The molecular weight excluding hydrogens is 520 g/mol. The Hall–Kier alpha value is -3.22. The number of urea groups is 1. The van der Waals surface area contributed by atoms with E-state index in [0.717, 1.165) is 0 Å². The normalized spacial score (nSPS) is 28.6. The number of rotatable bonds is 8. The number of likely N-dealkylation sites (tertiary alicyclic amines) is 1. The van der Waals surface area contributed by atoms with Crippen molar-refractivity contribution >= 4 is 35.4 Å². The van der Waals surface area contributed by atoms with Crippen molar-refractivity contribution in [3.63, 3.8) is 0 Å². The van der Waals surface area contributed by atoms with E-state index in [1.54, 1.807) is 20.8 Å². The van der Waals surface area contributed by atoms with Crippen molar-refractivity contribution in [3.8, 4) is 0 Å². The maximum Gasteiger partial charge on any atom is 0.315 e. The first-order valence-electron chi connectivity index (χ1n) is 13.6. The Morgan fingerprint density at radius 3 is 2.17 bits per heavy atom. The van der Waals surface area contributed by atoms with E-state index in [-0.39, 0.29) is 36.8 Å². The third kappa shape index (κ3) is 6.24. The van der Waals surface area contributed by atoms with E-state index in [4.69, 9.17) is 5.73 Å². The van der Waals surface area contributed by atoms with E-state index in [2.05, 4.69) is 21.3 Å². The van der Waals surface area contributed by atoms with E-state index in [9.17, 15) is 33.9 Å². The van der Waals surface area contributed by atoms with Gasteiger partial charge in [0.15, 0.2) is 0 Å². The summed E-state index contributed by atoms with van der Waals surface area (Å²) in [6.45, 7) is 15.3. The summed E-state index contributed by atoms with van der Waals surface area (Å²) in [5, 5.41) is 21.3. The Balaban J connectivity index is 1.88. The van der Waals surface area contributed by atoms with Gasteiger partial charge < -0.3 is 37.0 Å². The lowest BCUT2D eigenvalue weighted by Gasteiger charge is -2.38. The fourth-order valence-corrected chi connectivity index (χ4v) is 5.97. The summed E-state index contributed by atoms with van der Waals surface area (Å²) >= 11 is 0. The van der Waals surface area contributed by atoms with Gasteiger partial charge in [0.2, 0.25) is 17.6 Å². The molecule has 2 heterocycles. The minimum absolute atomic E-state index is 0.00584. The number of fused-ring (bicyclic) bond motifs is 1. The van der Waals surface area contributed by atoms with Crippen molar-refractivity contribution in [2.24, 2.45) is 28.4 Å². The molecule has 0 aromatic carbocycles. The number of ketones is 1. The number of carbonyl (C=O) groups excluding carboxylic acids is 6. The number of primary amides is 1. The van der Waals surface area contributed by atoms with Crippen molar-refractivity contribution in [3.05, 3.63) is 0 Å². The molecule has 0 aromatic rings. The van der Waals surface area contributed by atoms with Gasteiger partial charge in [0.1, 0.15) is 23.7 Å². The molecular formula is C27H44N6O7. The van der Waals surface area contributed by atoms with E-state index in [0.29, 0.717) is 0 Å². The molecule has 2 unspecified atom stereocenters. The lowest BCUT2D eigenvalue weighted by Crippen LogP contribution is -2.62. The van der Waals surface area contributed by atoms with Crippen LogP contribution in [0.4, 0.5) is 4.79 Å². The van der Waals surface area contributed by atoms with Gasteiger partial charge in [-0.1, -0.05) is 34.6 Å². The molecule has 1 saturated carbocycles. The van der Waals surface area contributed by atoms with E-state index in [1.807, 2.05) is 34.6 Å². The average Bonchev–Trinajstić information content (AvgIpc) is 3.09. The minimum atomic E-state index is -1.96. The lowest BCUT2D eigenvalue weighted by atomic mass is 9.85. The van der Waals surface area contributed by atoms with Crippen LogP contribution in [0.1, 0.15) is 68.2 Å². The summed E-state index contributed by atoms with van der Waals surface area (Å²) < 4.78 is 0. The number of aliphatic hydroxyl groups is 1. The van der Waals surface area contributed by atoms with Crippen molar-refractivity contribution in [1.82, 2.24) is 26.2 Å². The second kappa shape index (κ2) is 10.3. The van der Waals surface area contributed by atoms with Crippen LogP contribution in [0.25, 0.3) is 0 Å². The van der Waals surface area contributed by atoms with Crippen molar-refractivity contribution < 1.29 is 33.9 Å². The van der Waals surface area contributed by atoms with Gasteiger partial charge in [-0.15, -0.1) is 0 Å². The number of piperidine rings is 1. The predicted molar refractivity (Wildman–Crippen MR) is 144 cm³/mol. The molecule has 0 radical (unpaired) electrons. The van der Waals surface area contributed by atoms with Gasteiger partial charge in [-0.25, -0.2) is 4.79 Å². The van der Waals surface area contributed by atoms with Crippen LogP contribution in [0, 0.1) is 22.7 Å². The van der Waals surface area contributed by atoms with Crippen molar-refractivity contribution in [2.45, 2.75) is 97.5 Å². The van der Waals surface area contributed by atoms with Crippen LogP contribution in [0.3, 0.4) is 0 Å². The van der Waals surface area contributed by atoms with Crippen LogP contribution in [-0.2, 0) is 24.0 Å². The maximum atomic E-state index is 14.0. The zero-order valence-corrected chi connectivity index (χ0v) is 24.6.